The van der Waals surface area contributed by atoms with Crippen LogP contribution in [0.25, 0.3) is 11.3 Å². The highest BCUT2D eigenvalue weighted by Gasteiger charge is 2.35. The van der Waals surface area contributed by atoms with Crippen LogP contribution in [0.1, 0.15) is 31.2 Å². The lowest BCUT2D eigenvalue weighted by Crippen LogP contribution is -2.39. The number of hydrogen-bond donors (Lipinski definition) is 3. The van der Waals surface area contributed by atoms with Crippen LogP contribution in [0.2, 0.25) is 0 Å². The molecule has 0 aliphatic carbocycles. The molecule has 5 heterocycles. The molecule has 35 heavy (non-hydrogen) atoms. The Balaban J connectivity index is 1.25. The fraction of sp³-hybridized carbons (Fsp3) is 0.462. The minimum atomic E-state index is 0.210. The van der Waals surface area contributed by atoms with Gasteiger partial charge in [-0.1, -0.05) is 12.1 Å². The van der Waals surface area contributed by atoms with E-state index < -0.39 is 0 Å². The Kier molecular flexibility index (Phi) is 5.85. The first-order valence-corrected chi connectivity index (χ1v) is 12.6. The molecular weight excluding hydrogens is 440 g/mol. The number of benzene rings is 1. The van der Waals surface area contributed by atoms with Crippen molar-refractivity contribution >= 4 is 17.5 Å². The summed E-state index contributed by atoms with van der Waals surface area (Å²) in [5.74, 6) is 2.75. The first kappa shape index (κ1) is 22.0. The van der Waals surface area contributed by atoms with Crippen LogP contribution >= 0.6 is 0 Å². The molecule has 2 atom stereocenters. The predicted molar refractivity (Wildman–Crippen MR) is 137 cm³/mol. The maximum Gasteiger partial charge on any atom is 0.225 e. The summed E-state index contributed by atoms with van der Waals surface area (Å²) in [6.45, 7) is 7.77. The summed E-state index contributed by atoms with van der Waals surface area (Å²) >= 11 is 0. The summed E-state index contributed by atoms with van der Waals surface area (Å²) in [7, 11) is 0. The number of hydrogen-bond acceptors (Lipinski definition) is 9. The molecule has 0 saturated carbocycles. The third kappa shape index (κ3) is 4.25. The van der Waals surface area contributed by atoms with Gasteiger partial charge in [0.25, 0.3) is 0 Å². The number of rotatable bonds is 3. The number of aromatic hydroxyl groups is 1. The van der Waals surface area contributed by atoms with E-state index in [0.717, 1.165) is 69.6 Å². The van der Waals surface area contributed by atoms with Gasteiger partial charge >= 0.3 is 0 Å². The summed E-state index contributed by atoms with van der Waals surface area (Å²) in [5, 5.41) is 26.2. The predicted octanol–water partition coefficient (Wildman–Crippen LogP) is 2.86. The van der Waals surface area contributed by atoms with Crippen LogP contribution in [0.3, 0.4) is 0 Å². The summed E-state index contributed by atoms with van der Waals surface area (Å²) < 4.78 is 0. The molecule has 182 valence electrons. The smallest absolute Gasteiger partial charge is 0.225 e. The molecule has 3 aliphatic heterocycles. The molecule has 3 N–H and O–H groups in total. The maximum atomic E-state index is 10.3. The van der Waals surface area contributed by atoms with Crippen molar-refractivity contribution in [2.75, 3.05) is 54.4 Å². The summed E-state index contributed by atoms with van der Waals surface area (Å²) in [6, 6.07) is 9.62. The van der Waals surface area contributed by atoms with E-state index in [-0.39, 0.29) is 5.75 Å². The highest BCUT2D eigenvalue weighted by atomic mass is 16.3. The van der Waals surface area contributed by atoms with Crippen molar-refractivity contribution in [1.82, 2.24) is 25.5 Å². The lowest BCUT2D eigenvalue weighted by Gasteiger charge is -2.31. The highest BCUT2D eigenvalue weighted by Crippen LogP contribution is 2.37. The van der Waals surface area contributed by atoms with E-state index in [1.54, 1.807) is 6.07 Å². The molecule has 0 radical (unpaired) electrons. The van der Waals surface area contributed by atoms with Gasteiger partial charge in [-0.2, -0.15) is 0 Å². The van der Waals surface area contributed by atoms with Crippen molar-refractivity contribution < 1.29 is 5.11 Å². The fourth-order valence-corrected chi connectivity index (χ4v) is 5.61. The van der Waals surface area contributed by atoms with Crippen molar-refractivity contribution in [3.05, 3.63) is 48.3 Å². The summed E-state index contributed by atoms with van der Waals surface area (Å²) in [6.07, 6.45) is 6.37. The normalized spacial score (nSPS) is 22.7. The van der Waals surface area contributed by atoms with Crippen LogP contribution in [0.5, 0.6) is 5.75 Å². The number of para-hydroxylation sites is 1. The van der Waals surface area contributed by atoms with Crippen molar-refractivity contribution in [1.29, 1.82) is 0 Å². The number of fused-ring (bicyclic) bond motifs is 4. The van der Waals surface area contributed by atoms with E-state index in [1.807, 2.05) is 36.7 Å². The number of nitrogens with one attached hydrogen (secondary N) is 2. The van der Waals surface area contributed by atoms with Gasteiger partial charge < -0.3 is 25.5 Å². The van der Waals surface area contributed by atoms with Gasteiger partial charge in [0.1, 0.15) is 5.75 Å². The third-order valence-electron chi connectivity index (χ3n) is 7.79. The number of nitrogens with zero attached hydrogens (tertiary/aromatic N) is 6. The summed E-state index contributed by atoms with van der Waals surface area (Å²) in [5.41, 5.74) is 3.64. The van der Waals surface area contributed by atoms with Gasteiger partial charge in [0.15, 0.2) is 5.82 Å². The van der Waals surface area contributed by atoms with Crippen LogP contribution in [0, 0.1) is 5.92 Å². The van der Waals surface area contributed by atoms with E-state index in [1.165, 1.54) is 5.56 Å². The number of aromatic nitrogens is 4. The molecule has 2 fully saturated rings. The molecule has 9 heteroatoms. The molecule has 1 unspecified atom stereocenters. The van der Waals surface area contributed by atoms with E-state index in [2.05, 4.69) is 37.6 Å². The van der Waals surface area contributed by atoms with Crippen LogP contribution in [0.15, 0.2) is 42.7 Å². The summed E-state index contributed by atoms with van der Waals surface area (Å²) in [4.78, 5) is 14.3. The van der Waals surface area contributed by atoms with Crippen LogP contribution < -0.4 is 20.4 Å². The van der Waals surface area contributed by atoms with E-state index >= 15 is 0 Å². The molecule has 3 aliphatic rings. The molecule has 9 nitrogen and oxygen atoms in total. The lowest BCUT2D eigenvalue weighted by atomic mass is 9.92. The van der Waals surface area contributed by atoms with E-state index in [9.17, 15) is 5.11 Å². The van der Waals surface area contributed by atoms with Gasteiger partial charge in [-0.15, -0.1) is 10.2 Å². The van der Waals surface area contributed by atoms with Crippen LogP contribution in [-0.4, -0.2) is 70.6 Å². The zero-order chi connectivity index (χ0) is 23.8. The Morgan fingerprint density at radius 3 is 2.63 bits per heavy atom. The van der Waals surface area contributed by atoms with Gasteiger partial charge in [-0.25, -0.2) is 9.97 Å². The second kappa shape index (κ2) is 9.30. The van der Waals surface area contributed by atoms with Gasteiger partial charge in [-0.05, 0) is 62.5 Å². The Morgan fingerprint density at radius 1 is 1.03 bits per heavy atom. The molecule has 3 aromatic rings. The topological polar surface area (TPSA) is 102 Å². The molecule has 2 bridgehead atoms. The standard InChI is InChI=1S/C26H32N8O/c1-17-20-15-28-25-23(12-22(31-32-25)21-4-2-3-5-24(21)35)34(17)11-10-33(16-20)26-29-13-19(14-30-26)18-6-8-27-9-7-18/h2-5,12-14,17-18,20,27,35H,6-11,15-16H2,1H3,(H,28,32)/t17?,20-/m0/s1. The molecule has 2 saturated heterocycles. The van der Waals surface area contributed by atoms with Gasteiger partial charge in [0.05, 0.1) is 11.4 Å². The SMILES string of the molecule is CC1[C@H]2CNc3nnc(-c4ccccc4O)cc3N1CCN(c1ncc(C3CCNCC3)cn1)C2. The van der Waals surface area contributed by atoms with Crippen molar-refractivity contribution in [3.8, 4) is 17.0 Å². The first-order valence-electron chi connectivity index (χ1n) is 12.6. The number of anilines is 3. The minimum Gasteiger partial charge on any atom is -0.507 e. The zero-order valence-electron chi connectivity index (χ0n) is 20.1. The monoisotopic (exact) mass is 472 g/mol. The van der Waals surface area contributed by atoms with E-state index in [0.29, 0.717) is 29.1 Å². The maximum absolute atomic E-state index is 10.3. The van der Waals surface area contributed by atoms with Crippen molar-refractivity contribution in [2.45, 2.75) is 31.7 Å². The average molecular weight is 473 g/mol. The van der Waals surface area contributed by atoms with Crippen molar-refractivity contribution in [3.63, 3.8) is 0 Å². The Morgan fingerprint density at radius 2 is 1.83 bits per heavy atom. The zero-order valence-corrected chi connectivity index (χ0v) is 20.1. The molecule has 0 amide bonds. The van der Waals surface area contributed by atoms with Crippen LogP contribution in [-0.2, 0) is 0 Å². The Labute approximate surface area is 205 Å². The second-order valence-electron chi connectivity index (χ2n) is 9.84. The molecule has 1 aromatic carbocycles. The Hall–Kier alpha value is -3.46. The number of phenolic OH excluding ortho intramolecular Hbond substituents is 1. The average Bonchev–Trinajstić information content (AvgIpc) is 3.15. The Bertz CT molecular complexity index is 1180. The van der Waals surface area contributed by atoms with Crippen LogP contribution in [0.4, 0.5) is 17.5 Å². The lowest BCUT2D eigenvalue weighted by molar-refractivity contribution is 0.458. The van der Waals surface area contributed by atoms with Gasteiger partial charge in [0, 0.05) is 56.1 Å². The molecule has 2 aromatic heterocycles. The first-order chi connectivity index (χ1) is 17.2. The quantitative estimate of drug-likeness (QED) is 0.531. The molecule has 6 rings (SSSR count). The molecular formula is C26H32N8O. The second-order valence-corrected chi connectivity index (χ2v) is 9.84. The van der Waals surface area contributed by atoms with Crippen molar-refractivity contribution in [2.24, 2.45) is 5.92 Å². The molecule has 0 spiro atoms. The largest absolute Gasteiger partial charge is 0.507 e. The minimum absolute atomic E-state index is 0.210. The highest BCUT2D eigenvalue weighted by molar-refractivity contribution is 5.75. The number of phenols is 1. The van der Waals surface area contributed by atoms with E-state index in [4.69, 9.17) is 9.97 Å². The fourth-order valence-electron chi connectivity index (χ4n) is 5.61. The van der Waals surface area contributed by atoms with Gasteiger partial charge in [-0.3, -0.25) is 0 Å². The third-order valence-corrected chi connectivity index (χ3v) is 7.79. The number of piperidine rings is 1. The van der Waals surface area contributed by atoms with Gasteiger partial charge in [0.2, 0.25) is 5.95 Å².